The second kappa shape index (κ2) is 9.94. The maximum absolute atomic E-state index is 11.9. The van der Waals surface area contributed by atoms with Gasteiger partial charge in [-0.1, -0.05) is 19.1 Å². The van der Waals surface area contributed by atoms with E-state index in [-0.39, 0.29) is 17.9 Å². The SMILES string of the molecule is CCNC(=NCc1ccc(C(=O)N(C)C)cc1)NC1CCN(C(=O)CC)C1. The molecule has 0 aromatic heterocycles. The Kier molecular flexibility index (Phi) is 7.64. The number of likely N-dealkylation sites (tertiary alicyclic amines) is 1. The fourth-order valence-corrected chi connectivity index (χ4v) is 3.02. The summed E-state index contributed by atoms with van der Waals surface area (Å²) in [7, 11) is 3.49. The number of carbonyl (C=O) groups excluding carboxylic acids is 2. The summed E-state index contributed by atoms with van der Waals surface area (Å²) in [6.07, 6.45) is 1.48. The van der Waals surface area contributed by atoms with Gasteiger partial charge < -0.3 is 20.4 Å². The molecule has 1 atom stereocenters. The van der Waals surface area contributed by atoms with E-state index in [0.717, 1.165) is 37.6 Å². The van der Waals surface area contributed by atoms with Crippen molar-refractivity contribution < 1.29 is 9.59 Å². The molecule has 0 spiro atoms. The molecule has 1 unspecified atom stereocenters. The second-order valence-electron chi connectivity index (χ2n) is 6.91. The zero-order valence-electron chi connectivity index (χ0n) is 16.8. The lowest BCUT2D eigenvalue weighted by atomic mass is 10.1. The van der Waals surface area contributed by atoms with Crippen molar-refractivity contribution in [1.29, 1.82) is 0 Å². The standard InChI is InChI=1S/C20H31N5O2/c1-5-18(26)25-12-11-17(14-25)23-20(21-6-2)22-13-15-7-9-16(10-8-15)19(27)24(3)4/h7-10,17H,5-6,11-14H2,1-4H3,(H2,21,22,23). The topological polar surface area (TPSA) is 77.0 Å². The number of benzene rings is 1. The van der Waals surface area contributed by atoms with Gasteiger partial charge in [-0.2, -0.15) is 0 Å². The fourth-order valence-electron chi connectivity index (χ4n) is 3.02. The molecule has 27 heavy (non-hydrogen) atoms. The molecule has 1 saturated heterocycles. The number of amides is 2. The van der Waals surface area contributed by atoms with Gasteiger partial charge in [-0.3, -0.25) is 9.59 Å². The highest BCUT2D eigenvalue weighted by molar-refractivity contribution is 5.93. The monoisotopic (exact) mass is 373 g/mol. The van der Waals surface area contributed by atoms with Gasteiger partial charge in [0, 0.05) is 51.8 Å². The molecule has 1 aliphatic heterocycles. The maximum atomic E-state index is 11.9. The summed E-state index contributed by atoms with van der Waals surface area (Å²) in [5, 5.41) is 6.68. The zero-order valence-corrected chi connectivity index (χ0v) is 16.8. The van der Waals surface area contributed by atoms with Gasteiger partial charge in [0.05, 0.1) is 6.54 Å². The molecule has 0 saturated carbocycles. The average molecular weight is 374 g/mol. The summed E-state index contributed by atoms with van der Waals surface area (Å²) in [6.45, 7) is 6.73. The Labute approximate surface area is 161 Å². The van der Waals surface area contributed by atoms with Crippen molar-refractivity contribution in [2.24, 2.45) is 4.99 Å². The van der Waals surface area contributed by atoms with Crippen molar-refractivity contribution in [2.45, 2.75) is 39.3 Å². The number of rotatable bonds is 6. The van der Waals surface area contributed by atoms with Crippen LogP contribution in [0, 0.1) is 0 Å². The molecule has 7 nitrogen and oxygen atoms in total. The summed E-state index contributed by atoms with van der Waals surface area (Å²) in [5.41, 5.74) is 1.71. The molecule has 0 radical (unpaired) electrons. The molecule has 2 amide bonds. The third kappa shape index (κ3) is 5.98. The highest BCUT2D eigenvalue weighted by atomic mass is 16.2. The molecule has 7 heteroatoms. The van der Waals surface area contributed by atoms with Crippen molar-refractivity contribution in [2.75, 3.05) is 33.7 Å². The molecule has 1 aromatic carbocycles. The number of hydrogen-bond donors (Lipinski definition) is 2. The first kappa shape index (κ1) is 20.7. The van der Waals surface area contributed by atoms with E-state index < -0.39 is 0 Å². The van der Waals surface area contributed by atoms with Crippen LogP contribution >= 0.6 is 0 Å². The molecule has 0 bridgehead atoms. The molecule has 2 N–H and O–H groups in total. The van der Waals surface area contributed by atoms with Gasteiger partial charge in [-0.15, -0.1) is 0 Å². The highest BCUT2D eigenvalue weighted by Crippen LogP contribution is 2.11. The van der Waals surface area contributed by atoms with Crippen LogP contribution in [0.4, 0.5) is 0 Å². The zero-order chi connectivity index (χ0) is 19.8. The lowest BCUT2D eigenvalue weighted by Gasteiger charge is -2.18. The van der Waals surface area contributed by atoms with Crippen LogP contribution in [0.3, 0.4) is 0 Å². The second-order valence-corrected chi connectivity index (χ2v) is 6.91. The summed E-state index contributed by atoms with van der Waals surface area (Å²) in [4.78, 5) is 31.9. The number of carbonyl (C=O) groups is 2. The maximum Gasteiger partial charge on any atom is 0.253 e. The smallest absolute Gasteiger partial charge is 0.253 e. The number of aliphatic imine (C=N–C) groups is 1. The van der Waals surface area contributed by atoms with E-state index in [1.807, 2.05) is 43.0 Å². The summed E-state index contributed by atoms with van der Waals surface area (Å²) < 4.78 is 0. The number of nitrogens with zero attached hydrogens (tertiary/aromatic N) is 3. The largest absolute Gasteiger partial charge is 0.357 e. The van der Waals surface area contributed by atoms with Gasteiger partial charge in [-0.25, -0.2) is 4.99 Å². The number of guanidine groups is 1. The average Bonchev–Trinajstić information content (AvgIpc) is 3.14. The van der Waals surface area contributed by atoms with Crippen molar-refractivity contribution in [3.8, 4) is 0 Å². The lowest BCUT2D eigenvalue weighted by molar-refractivity contribution is -0.129. The Morgan fingerprint density at radius 1 is 1.22 bits per heavy atom. The predicted molar refractivity (Wildman–Crippen MR) is 108 cm³/mol. The fraction of sp³-hybridized carbons (Fsp3) is 0.550. The third-order valence-corrected chi connectivity index (χ3v) is 4.56. The van der Waals surface area contributed by atoms with E-state index in [0.29, 0.717) is 18.5 Å². The van der Waals surface area contributed by atoms with Gasteiger partial charge in [0.2, 0.25) is 5.91 Å². The molecule has 1 fully saturated rings. The van der Waals surface area contributed by atoms with Crippen LogP contribution in [0.15, 0.2) is 29.3 Å². The van der Waals surface area contributed by atoms with Crippen molar-refractivity contribution >= 4 is 17.8 Å². The van der Waals surface area contributed by atoms with Crippen LogP contribution < -0.4 is 10.6 Å². The van der Waals surface area contributed by atoms with Crippen LogP contribution in [-0.2, 0) is 11.3 Å². The van der Waals surface area contributed by atoms with Crippen molar-refractivity contribution in [3.63, 3.8) is 0 Å². The molecule has 2 rings (SSSR count). The Hall–Kier alpha value is -2.57. The molecule has 1 aromatic rings. The first-order valence-corrected chi connectivity index (χ1v) is 9.57. The summed E-state index contributed by atoms with van der Waals surface area (Å²) in [6, 6.07) is 7.75. The Morgan fingerprint density at radius 3 is 2.52 bits per heavy atom. The van der Waals surface area contributed by atoms with Crippen molar-refractivity contribution in [1.82, 2.24) is 20.4 Å². The Morgan fingerprint density at radius 2 is 1.93 bits per heavy atom. The minimum Gasteiger partial charge on any atom is -0.357 e. The van der Waals surface area contributed by atoms with E-state index in [2.05, 4.69) is 15.6 Å². The van der Waals surface area contributed by atoms with Crippen LogP contribution in [0.2, 0.25) is 0 Å². The van der Waals surface area contributed by atoms with E-state index in [1.54, 1.807) is 19.0 Å². The van der Waals surface area contributed by atoms with Crippen LogP contribution in [-0.4, -0.2) is 67.3 Å². The summed E-state index contributed by atoms with van der Waals surface area (Å²) in [5.74, 6) is 0.947. The predicted octanol–water partition coefficient (Wildman–Crippen LogP) is 1.45. The van der Waals surface area contributed by atoms with Crippen molar-refractivity contribution in [3.05, 3.63) is 35.4 Å². The van der Waals surface area contributed by atoms with Crippen LogP contribution in [0.1, 0.15) is 42.6 Å². The van der Waals surface area contributed by atoms with E-state index in [9.17, 15) is 9.59 Å². The van der Waals surface area contributed by atoms with E-state index in [1.165, 1.54) is 0 Å². The molecule has 1 heterocycles. The van der Waals surface area contributed by atoms with E-state index >= 15 is 0 Å². The first-order chi connectivity index (χ1) is 12.9. The van der Waals surface area contributed by atoms with Gasteiger partial charge in [0.25, 0.3) is 5.91 Å². The van der Waals surface area contributed by atoms with Crippen LogP contribution in [0.25, 0.3) is 0 Å². The third-order valence-electron chi connectivity index (χ3n) is 4.56. The number of nitrogens with one attached hydrogen (secondary N) is 2. The normalized spacial score (nSPS) is 17.0. The van der Waals surface area contributed by atoms with E-state index in [4.69, 9.17) is 0 Å². The lowest BCUT2D eigenvalue weighted by Crippen LogP contribution is -2.45. The number of hydrogen-bond acceptors (Lipinski definition) is 3. The minimum atomic E-state index is -0.00697. The first-order valence-electron chi connectivity index (χ1n) is 9.57. The molecular weight excluding hydrogens is 342 g/mol. The Bertz CT molecular complexity index is 669. The minimum absolute atomic E-state index is 0.00697. The van der Waals surface area contributed by atoms with Gasteiger partial charge in [-0.05, 0) is 31.0 Å². The Balaban J connectivity index is 1.95. The summed E-state index contributed by atoms with van der Waals surface area (Å²) >= 11 is 0. The molecule has 1 aliphatic rings. The quantitative estimate of drug-likeness (QED) is 0.585. The van der Waals surface area contributed by atoms with Crippen LogP contribution in [0.5, 0.6) is 0 Å². The molecular formula is C20H31N5O2. The van der Waals surface area contributed by atoms with Gasteiger partial charge in [0.1, 0.15) is 0 Å². The van der Waals surface area contributed by atoms with Gasteiger partial charge >= 0.3 is 0 Å². The molecule has 148 valence electrons. The van der Waals surface area contributed by atoms with Gasteiger partial charge in [0.15, 0.2) is 5.96 Å². The molecule has 0 aliphatic carbocycles. The highest BCUT2D eigenvalue weighted by Gasteiger charge is 2.25.